The number of benzene rings is 1. The van der Waals surface area contributed by atoms with E-state index >= 15 is 0 Å². The van der Waals surface area contributed by atoms with E-state index < -0.39 is 121 Å². The normalized spacial score (nSPS) is 27.9. The number of hydrogen-bond acceptors (Lipinski definition) is 20. The largest absolute Gasteiger partial charge is 0.463 e. The van der Waals surface area contributed by atoms with Crippen LogP contribution in [0.3, 0.4) is 0 Å². The van der Waals surface area contributed by atoms with Gasteiger partial charge < -0.3 is 52.1 Å². The van der Waals surface area contributed by atoms with Crippen LogP contribution in [0.15, 0.2) is 24.3 Å². The topological polar surface area (TPSA) is 264 Å². The molecule has 21 heteroatoms. The van der Waals surface area contributed by atoms with Gasteiger partial charge in [-0.1, -0.05) is 0 Å². The Kier molecular flexibility index (Phi) is 15.0. The van der Waals surface area contributed by atoms with E-state index in [0.29, 0.717) is 0 Å². The summed E-state index contributed by atoms with van der Waals surface area (Å²) < 4.78 is 61.9. The van der Waals surface area contributed by atoms with Crippen LogP contribution in [0.4, 0.5) is 5.69 Å². The first kappa shape index (κ1) is 42.0. The molecule has 0 aromatic heterocycles. The molecule has 1 aromatic carbocycles. The zero-order valence-electron chi connectivity index (χ0n) is 29.6. The Balaban J connectivity index is 2.16. The fourth-order valence-electron chi connectivity index (χ4n) is 5.35. The maximum Gasteiger partial charge on any atom is 0.303 e. The molecule has 0 bridgehead atoms. The maximum atomic E-state index is 12.5. The van der Waals surface area contributed by atoms with Gasteiger partial charge in [-0.3, -0.25) is 43.7 Å². The summed E-state index contributed by atoms with van der Waals surface area (Å²) in [7, 11) is 0. The number of nitro benzene ring substituents is 1. The summed E-state index contributed by atoms with van der Waals surface area (Å²) >= 11 is 0. The molecule has 0 amide bonds. The van der Waals surface area contributed by atoms with E-state index in [2.05, 4.69) is 0 Å². The van der Waals surface area contributed by atoms with Crippen LogP contribution in [0, 0.1) is 10.1 Å². The molecule has 21 nitrogen and oxygen atoms in total. The lowest BCUT2D eigenvalue weighted by atomic mass is 9.96. The Morgan fingerprint density at radius 1 is 0.547 bits per heavy atom. The lowest BCUT2D eigenvalue weighted by Crippen LogP contribution is -2.67. The highest BCUT2D eigenvalue weighted by molar-refractivity contribution is 5.69. The lowest BCUT2D eigenvalue weighted by molar-refractivity contribution is -0.384. The number of hydrogen-bond donors (Lipinski definition) is 0. The average Bonchev–Trinajstić information content (AvgIpc) is 3.03. The van der Waals surface area contributed by atoms with Gasteiger partial charge in [0, 0.05) is 60.6 Å². The predicted octanol–water partition coefficient (Wildman–Crippen LogP) is 0.593. The van der Waals surface area contributed by atoms with Crippen molar-refractivity contribution >= 4 is 47.5 Å². The van der Waals surface area contributed by atoms with Crippen molar-refractivity contribution in [3.8, 4) is 5.75 Å². The Morgan fingerprint density at radius 2 is 0.925 bits per heavy atom. The molecular weight excluding hydrogens is 718 g/mol. The average molecular weight is 758 g/mol. The highest BCUT2D eigenvalue weighted by Crippen LogP contribution is 2.36. The van der Waals surface area contributed by atoms with Crippen LogP contribution < -0.4 is 4.74 Å². The van der Waals surface area contributed by atoms with Gasteiger partial charge in [0.25, 0.3) is 5.69 Å². The van der Waals surface area contributed by atoms with Crippen LogP contribution in [0.1, 0.15) is 48.5 Å². The molecule has 292 valence electrons. The number of ether oxygens (including phenoxy) is 11. The van der Waals surface area contributed by atoms with Gasteiger partial charge in [-0.2, -0.15) is 0 Å². The summed E-state index contributed by atoms with van der Waals surface area (Å²) in [6, 6.07) is 4.67. The molecule has 2 heterocycles. The zero-order valence-corrected chi connectivity index (χ0v) is 29.6. The second kappa shape index (κ2) is 18.9. The summed E-state index contributed by atoms with van der Waals surface area (Å²) in [5.41, 5.74) is -0.276. The van der Waals surface area contributed by atoms with Crippen LogP contribution >= 0.6 is 0 Å². The molecule has 0 aliphatic carbocycles. The van der Waals surface area contributed by atoms with E-state index in [4.69, 9.17) is 52.1 Å². The van der Waals surface area contributed by atoms with Gasteiger partial charge >= 0.3 is 41.8 Å². The number of carbonyl (C=O) groups excluding carboxylic acids is 7. The van der Waals surface area contributed by atoms with Gasteiger partial charge in [-0.15, -0.1) is 0 Å². The quantitative estimate of drug-likeness (QED) is 0.109. The van der Waals surface area contributed by atoms with Crippen LogP contribution in [0.5, 0.6) is 5.75 Å². The summed E-state index contributed by atoms with van der Waals surface area (Å²) in [5.74, 6) is -6.22. The summed E-state index contributed by atoms with van der Waals surface area (Å²) in [6.07, 6.45) is -16.4. The van der Waals surface area contributed by atoms with Crippen molar-refractivity contribution in [2.45, 2.75) is 110 Å². The molecule has 2 aliphatic heterocycles. The van der Waals surface area contributed by atoms with Crippen molar-refractivity contribution < 1.29 is 90.6 Å². The minimum Gasteiger partial charge on any atom is -0.463 e. The summed E-state index contributed by atoms with van der Waals surface area (Å²) in [6.45, 7) is 6.00. The van der Waals surface area contributed by atoms with Gasteiger partial charge in [0.15, 0.2) is 30.7 Å². The molecular formula is C32H39NO20. The van der Waals surface area contributed by atoms with E-state index in [0.717, 1.165) is 60.6 Å². The highest BCUT2D eigenvalue weighted by atomic mass is 16.8. The number of non-ortho nitro benzene ring substituents is 1. The zero-order chi connectivity index (χ0) is 39.6. The first-order valence-electron chi connectivity index (χ1n) is 15.9. The predicted molar refractivity (Wildman–Crippen MR) is 167 cm³/mol. The number of carbonyl (C=O) groups is 7. The minimum absolute atomic E-state index is 0.0236. The Morgan fingerprint density at radius 3 is 1.36 bits per heavy atom. The number of rotatable bonds is 14. The third-order valence-electron chi connectivity index (χ3n) is 7.19. The van der Waals surface area contributed by atoms with Crippen molar-refractivity contribution in [3.63, 3.8) is 0 Å². The van der Waals surface area contributed by atoms with Crippen LogP contribution in [-0.2, 0) is 80.9 Å². The Bertz CT molecular complexity index is 1530. The third-order valence-corrected chi connectivity index (χ3v) is 7.19. The molecule has 0 N–H and O–H groups in total. The molecule has 2 aliphatic rings. The Hall–Kier alpha value is -5.41. The number of esters is 7. The molecule has 3 rings (SSSR count). The minimum atomic E-state index is -1.85. The van der Waals surface area contributed by atoms with Gasteiger partial charge in [0.2, 0.25) is 12.4 Å². The van der Waals surface area contributed by atoms with Crippen molar-refractivity contribution in [1.29, 1.82) is 0 Å². The van der Waals surface area contributed by atoms with E-state index in [1.54, 1.807) is 0 Å². The molecule has 10 unspecified atom stereocenters. The smallest absolute Gasteiger partial charge is 0.303 e. The molecule has 2 fully saturated rings. The summed E-state index contributed by atoms with van der Waals surface area (Å²) in [5, 5.41) is 11.2. The fourth-order valence-corrected chi connectivity index (χ4v) is 5.35. The SMILES string of the molecule is CC(=O)OCC1OC(OC2C(COC(C)=O)OC(Oc3ccc([N+](=O)[O-])cc3)C(OC(C)=O)C2OC(C)=O)C(OC(C)=O)C(OC(C)=O)C1OC(C)=O. The first-order chi connectivity index (χ1) is 24.9. The Labute approximate surface area is 301 Å². The molecule has 0 spiro atoms. The second-order valence-corrected chi connectivity index (χ2v) is 11.5. The molecule has 1 aromatic rings. The standard InChI is InChI=1S/C32H39NO20/c1-14(34)43-12-23-25(45-16(3)36)27(46-17(4)37)30(49-20(7)40)32(52-23)53-26-24(13-44-15(2)35)51-31(29(48-19(6)39)28(26)47-18(5)38)50-22-10-8-21(9-11-22)33(41)42/h8-11,23-32H,12-13H2,1-7H3. The van der Waals surface area contributed by atoms with Crippen molar-refractivity contribution in [2.24, 2.45) is 0 Å². The van der Waals surface area contributed by atoms with Gasteiger partial charge in [-0.05, 0) is 12.1 Å². The monoisotopic (exact) mass is 757 g/mol. The first-order valence-corrected chi connectivity index (χ1v) is 15.9. The van der Waals surface area contributed by atoms with Crippen molar-refractivity contribution in [1.82, 2.24) is 0 Å². The lowest BCUT2D eigenvalue weighted by Gasteiger charge is -2.48. The molecule has 53 heavy (non-hydrogen) atoms. The van der Waals surface area contributed by atoms with E-state index in [1.807, 2.05) is 0 Å². The van der Waals surface area contributed by atoms with E-state index in [9.17, 15) is 43.7 Å². The third kappa shape index (κ3) is 12.4. The fraction of sp³-hybridized carbons (Fsp3) is 0.594. The summed E-state index contributed by atoms with van der Waals surface area (Å²) in [4.78, 5) is 96.0. The van der Waals surface area contributed by atoms with Crippen LogP contribution in [0.2, 0.25) is 0 Å². The van der Waals surface area contributed by atoms with Crippen molar-refractivity contribution in [3.05, 3.63) is 34.4 Å². The highest BCUT2D eigenvalue weighted by Gasteiger charge is 2.58. The molecule has 10 atom stereocenters. The van der Waals surface area contributed by atoms with E-state index in [-0.39, 0.29) is 11.4 Å². The van der Waals surface area contributed by atoms with Gasteiger partial charge in [0.05, 0.1) is 4.92 Å². The van der Waals surface area contributed by atoms with Gasteiger partial charge in [-0.25, -0.2) is 0 Å². The molecule has 2 saturated heterocycles. The van der Waals surface area contributed by atoms with Crippen molar-refractivity contribution in [2.75, 3.05) is 13.2 Å². The van der Waals surface area contributed by atoms with Gasteiger partial charge in [0.1, 0.15) is 37.3 Å². The van der Waals surface area contributed by atoms with Crippen LogP contribution in [-0.4, -0.2) is 121 Å². The number of nitro groups is 1. The van der Waals surface area contributed by atoms with Crippen LogP contribution in [0.25, 0.3) is 0 Å². The molecule has 0 radical (unpaired) electrons. The second-order valence-electron chi connectivity index (χ2n) is 11.5. The number of nitrogens with zero attached hydrogens (tertiary/aromatic N) is 1. The maximum absolute atomic E-state index is 12.5. The molecule has 0 saturated carbocycles. The van der Waals surface area contributed by atoms with E-state index in [1.165, 1.54) is 12.1 Å².